The molecule has 0 radical (unpaired) electrons. The number of hydrogen-bond donors (Lipinski definition) is 1. The molecule has 0 aliphatic carbocycles. The van der Waals surface area contributed by atoms with Crippen molar-refractivity contribution in [3.8, 4) is 0 Å². The van der Waals surface area contributed by atoms with Gasteiger partial charge in [-0.05, 0) is 6.92 Å². The number of hydrogen-bond acceptors (Lipinski definition) is 2. The maximum absolute atomic E-state index is 10.4. The van der Waals surface area contributed by atoms with E-state index in [0.29, 0.717) is 0 Å². The van der Waals surface area contributed by atoms with Gasteiger partial charge in [-0.3, -0.25) is 0 Å². The first-order valence-corrected chi connectivity index (χ1v) is 3.61. The number of aliphatic carboxylic acids is 1. The highest BCUT2D eigenvalue weighted by Gasteiger charge is 2.41. The third-order valence-electron chi connectivity index (χ3n) is 2.07. The molecular formula is C8H12O3. The summed E-state index contributed by atoms with van der Waals surface area (Å²) in [6.07, 6.45) is 0.264. The molecule has 11 heavy (non-hydrogen) atoms. The second-order valence-electron chi connectivity index (χ2n) is 2.92. The normalized spacial score (nSPS) is 31.1. The molecule has 0 aromatic rings. The summed E-state index contributed by atoms with van der Waals surface area (Å²) >= 11 is 0. The van der Waals surface area contributed by atoms with Crippen LogP contribution in [0.4, 0.5) is 0 Å². The molecule has 62 valence electrons. The van der Waals surface area contributed by atoms with E-state index < -0.39 is 5.97 Å². The van der Waals surface area contributed by atoms with Crippen LogP contribution in [0.1, 0.15) is 13.8 Å². The summed E-state index contributed by atoms with van der Waals surface area (Å²) in [6, 6.07) is 0. The van der Waals surface area contributed by atoms with Crippen LogP contribution in [0.3, 0.4) is 0 Å². The van der Waals surface area contributed by atoms with Crippen molar-refractivity contribution < 1.29 is 14.6 Å². The van der Waals surface area contributed by atoms with Crippen LogP contribution >= 0.6 is 0 Å². The summed E-state index contributed by atoms with van der Waals surface area (Å²) in [5.74, 6) is -0.998. The van der Waals surface area contributed by atoms with Crippen LogP contribution in [0.5, 0.6) is 0 Å². The van der Waals surface area contributed by atoms with E-state index in [4.69, 9.17) is 9.84 Å². The van der Waals surface area contributed by atoms with Gasteiger partial charge < -0.3 is 9.84 Å². The summed E-state index contributed by atoms with van der Waals surface area (Å²) in [4.78, 5) is 10.4. The Morgan fingerprint density at radius 1 is 1.73 bits per heavy atom. The Bertz CT molecular complexity index is 198. The predicted octanol–water partition coefficient (Wildman–Crippen LogP) is 1.05. The minimum atomic E-state index is -0.930. The van der Waals surface area contributed by atoms with Gasteiger partial charge in [0.05, 0.1) is 12.2 Å². The zero-order chi connectivity index (χ0) is 8.59. The largest absolute Gasteiger partial charge is 0.478 e. The van der Waals surface area contributed by atoms with Crippen LogP contribution < -0.4 is 0 Å². The monoisotopic (exact) mass is 156 g/mol. The zero-order valence-corrected chi connectivity index (χ0v) is 6.70. The van der Waals surface area contributed by atoms with Crippen LogP contribution in [-0.2, 0) is 9.53 Å². The summed E-state index contributed by atoms with van der Waals surface area (Å²) in [5, 5.41) is 8.56. The summed E-state index contributed by atoms with van der Waals surface area (Å²) in [7, 11) is 0. The highest BCUT2D eigenvalue weighted by Crippen LogP contribution is 2.32. The minimum Gasteiger partial charge on any atom is -0.478 e. The molecule has 0 saturated carbocycles. The number of ether oxygens (including phenoxy) is 1. The van der Waals surface area contributed by atoms with Crippen LogP contribution in [0.2, 0.25) is 0 Å². The fourth-order valence-electron chi connectivity index (χ4n) is 1.12. The van der Waals surface area contributed by atoms with Gasteiger partial charge in [-0.25, -0.2) is 4.79 Å². The Morgan fingerprint density at radius 3 is 2.45 bits per heavy atom. The highest BCUT2D eigenvalue weighted by atomic mass is 16.6. The SMILES string of the molecule is C=C(C(=O)O)C(C)C1OC1C. The van der Waals surface area contributed by atoms with E-state index >= 15 is 0 Å². The zero-order valence-electron chi connectivity index (χ0n) is 6.70. The van der Waals surface area contributed by atoms with E-state index in [1.165, 1.54) is 0 Å². The van der Waals surface area contributed by atoms with E-state index in [2.05, 4.69) is 6.58 Å². The Hall–Kier alpha value is -0.830. The lowest BCUT2D eigenvalue weighted by molar-refractivity contribution is -0.133. The smallest absolute Gasteiger partial charge is 0.331 e. The molecule has 0 aromatic carbocycles. The first-order valence-electron chi connectivity index (χ1n) is 3.61. The fraction of sp³-hybridized carbons (Fsp3) is 0.625. The van der Waals surface area contributed by atoms with E-state index in [1.807, 2.05) is 13.8 Å². The molecule has 1 fully saturated rings. The standard InChI is InChI=1S/C8H12O3/c1-4(5(2)8(9)10)7-6(3)11-7/h4,6-7H,2H2,1,3H3,(H,9,10). The highest BCUT2D eigenvalue weighted by molar-refractivity contribution is 5.86. The van der Waals surface area contributed by atoms with E-state index in [-0.39, 0.29) is 23.7 Å². The number of carbonyl (C=O) groups is 1. The molecule has 1 heterocycles. The molecule has 3 unspecified atom stereocenters. The molecule has 3 heteroatoms. The molecular weight excluding hydrogens is 144 g/mol. The van der Waals surface area contributed by atoms with Gasteiger partial charge in [0.15, 0.2) is 0 Å². The van der Waals surface area contributed by atoms with Crippen molar-refractivity contribution in [1.82, 2.24) is 0 Å². The Balaban J connectivity index is 2.48. The van der Waals surface area contributed by atoms with Crippen molar-refractivity contribution in [2.45, 2.75) is 26.1 Å². The van der Waals surface area contributed by atoms with Gasteiger partial charge in [-0.15, -0.1) is 0 Å². The van der Waals surface area contributed by atoms with Gasteiger partial charge in [0.1, 0.15) is 0 Å². The van der Waals surface area contributed by atoms with Crippen molar-refractivity contribution in [3.05, 3.63) is 12.2 Å². The molecule has 3 atom stereocenters. The maximum atomic E-state index is 10.4. The lowest BCUT2D eigenvalue weighted by Gasteiger charge is -2.06. The van der Waals surface area contributed by atoms with E-state index in [9.17, 15) is 4.79 Å². The molecule has 0 bridgehead atoms. The lowest BCUT2D eigenvalue weighted by Crippen LogP contribution is -2.14. The topological polar surface area (TPSA) is 49.8 Å². The maximum Gasteiger partial charge on any atom is 0.331 e. The second kappa shape index (κ2) is 2.66. The summed E-state index contributed by atoms with van der Waals surface area (Å²) in [6.45, 7) is 7.22. The quantitative estimate of drug-likeness (QED) is 0.490. The van der Waals surface area contributed by atoms with Gasteiger partial charge in [0.2, 0.25) is 0 Å². The van der Waals surface area contributed by atoms with Crippen LogP contribution in [0.15, 0.2) is 12.2 Å². The van der Waals surface area contributed by atoms with Gasteiger partial charge >= 0.3 is 5.97 Å². The Morgan fingerprint density at radius 2 is 2.18 bits per heavy atom. The van der Waals surface area contributed by atoms with E-state index in [1.54, 1.807) is 0 Å². The number of epoxide rings is 1. The van der Waals surface area contributed by atoms with Crippen LogP contribution in [-0.4, -0.2) is 23.3 Å². The van der Waals surface area contributed by atoms with Crippen molar-refractivity contribution in [1.29, 1.82) is 0 Å². The molecule has 3 nitrogen and oxygen atoms in total. The molecule has 0 amide bonds. The first kappa shape index (κ1) is 8.27. The molecule has 1 N–H and O–H groups in total. The molecule has 1 saturated heterocycles. The first-order chi connectivity index (χ1) is 5.04. The van der Waals surface area contributed by atoms with Crippen molar-refractivity contribution >= 4 is 5.97 Å². The van der Waals surface area contributed by atoms with E-state index in [0.717, 1.165) is 0 Å². The summed E-state index contributed by atoms with van der Waals surface area (Å²) < 4.78 is 5.13. The van der Waals surface area contributed by atoms with Gasteiger partial charge in [-0.1, -0.05) is 13.5 Å². The van der Waals surface area contributed by atoms with Crippen molar-refractivity contribution in [3.63, 3.8) is 0 Å². The van der Waals surface area contributed by atoms with Gasteiger partial charge in [0.25, 0.3) is 0 Å². The Labute approximate surface area is 65.7 Å². The van der Waals surface area contributed by atoms with Gasteiger partial charge in [-0.2, -0.15) is 0 Å². The second-order valence-corrected chi connectivity index (χ2v) is 2.92. The molecule has 0 aromatic heterocycles. The van der Waals surface area contributed by atoms with Gasteiger partial charge in [0, 0.05) is 11.5 Å². The van der Waals surface area contributed by atoms with Crippen molar-refractivity contribution in [2.75, 3.05) is 0 Å². The summed E-state index contributed by atoms with van der Waals surface area (Å²) in [5.41, 5.74) is 0.236. The minimum absolute atomic E-state index is 0.0671. The molecule has 1 aliphatic rings. The number of rotatable bonds is 3. The lowest BCUT2D eigenvalue weighted by atomic mass is 9.98. The average molecular weight is 156 g/mol. The molecule has 0 spiro atoms. The van der Waals surface area contributed by atoms with Crippen molar-refractivity contribution in [2.24, 2.45) is 5.92 Å². The van der Waals surface area contributed by atoms with Crippen LogP contribution in [0, 0.1) is 5.92 Å². The fourth-order valence-corrected chi connectivity index (χ4v) is 1.12. The third kappa shape index (κ3) is 1.60. The number of carboxylic acids is 1. The average Bonchev–Trinajstić information content (AvgIpc) is 2.63. The molecule has 1 rings (SSSR count). The number of carboxylic acid groups (broad SMARTS) is 1. The van der Waals surface area contributed by atoms with Crippen LogP contribution in [0.25, 0.3) is 0 Å². The third-order valence-corrected chi connectivity index (χ3v) is 2.07. The Kier molecular flexibility index (Phi) is 2.00. The predicted molar refractivity (Wildman–Crippen MR) is 40.3 cm³/mol. The molecule has 1 aliphatic heterocycles.